The second-order valence-corrected chi connectivity index (χ2v) is 10.3. The molecule has 3 aromatic heterocycles. The van der Waals surface area contributed by atoms with Crippen LogP contribution in [0.4, 0.5) is 5.69 Å². The van der Waals surface area contributed by atoms with Crippen molar-refractivity contribution < 1.29 is 19.0 Å². The Hall–Kier alpha value is -3.73. The molecule has 1 fully saturated rings. The Morgan fingerprint density at radius 2 is 2.02 bits per heavy atom. The Labute approximate surface area is 239 Å². The van der Waals surface area contributed by atoms with E-state index in [1.165, 1.54) is 6.20 Å². The van der Waals surface area contributed by atoms with E-state index < -0.39 is 11.4 Å². The first-order valence-electron chi connectivity index (χ1n) is 12.9. The number of fused-ring (bicyclic) bond motifs is 2. The molecule has 1 atom stereocenters. The number of hydrogen-bond donors (Lipinski definition) is 0. The standard InChI is InChI=1S/C28H25Cl2N5O5/c1-2-39-28(37)18-12-35(25-11-32-21-14-38-15-22(21)33-25)23-10-24(20(30)9-17(23)26(18)36)34-8-4-5-16(34)13-40-27-19(29)6-3-7-31-27/h3,6-7,9-12,16H,2,4-5,8,13-15H2,1H3/t16-/m1/s1. The molecule has 2 aliphatic heterocycles. The molecule has 1 saturated heterocycles. The van der Waals surface area contributed by atoms with Gasteiger partial charge in [0.25, 0.3) is 0 Å². The maximum atomic E-state index is 13.5. The van der Waals surface area contributed by atoms with Crippen LogP contribution in [0.1, 0.15) is 41.5 Å². The number of halogens is 2. The van der Waals surface area contributed by atoms with E-state index in [1.807, 2.05) is 6.07 Å². The predicted octanol–water partition coefficient (Wildman–Crippen LogP) is 4.74. The van der Waals surface area contributed by atoms with Crippen LogP contribution in [0, 0.1) is 0 Å². The SMILES string of the molecule is CCOC(=O)c1cn(-c2cnc3c(n2)COC3)c2cc(N3CCC[C@@H]3COc3ncccc3Cl)c(Cl)cc2c1=O. The van der Waals surface area contributed by atoms with Crippen molar-refractivity contribution in [3.05, 3.63) is 80.1 Å². The van der Waals surface area contributed by atoms with E-state index in [0.29, 0.717) is 52.8 Å². The maximum Gasteiger partial charge on any atom is 0.343 e. The van der Waals surface area contributed by atoms with Gasteiger partial charge in [0.1, 0.15) is 17.2 Å². The summed E-state index contributed by atoms with van der Waals surface area (Å²) in [5, 5.41) is 1.09. The molecule has 40 heavy (non-hydrogen) atoms. The van der Waals surface area contributed by atoms with Gasteiger partial charge in [-0.15, -0.1) is 0 Å². The summed E-state index contributed by atoms with van der Waals surface area (Å²) in [6, 6.07) is 6.93. The number of nitrogens with zero attached hydrogens (tertiary/aromatic N) is 5. The van der Waals surface area contributed by atoms with Gasteiger partial charge in [0, 0.05) is 24.3 Å². The van der Waals surface area contributed by atoms with Crippen molar-refractivity contribution in [3.63, 3.8) is 0 Å². The van der Waals surface area contributed by atoms with E-state index in [2.05, 4.69) is 14.9 Å². The Morgan fingerprint density at radius 3 is 2.85 bits per heavy atom. The van der Waals surface area contributed by atoms with E-state index in [4.69, 9.17) is 42.4 Å². The first-order valence-corrected chi connectivity index (χ1v) is 13.7. The van der Waals surface area contributed by atoms with Crippen molar-refractivity contribution in [1.29, 1.82) is 0 Å². The second kappa shape index (κ2) is 11.0. The molecular formula is C28H25Cl2N5O5. The summed E-state index contributed by atoms with van der Waals surface area (Å²) in [6.45, 7) is 3.65. The van der Waals surface area contributed by atoms with Crippen molar-refractivity contribution in [3.8, 4) is 11.7 Å². The number of rotatable bonds is 7. The Bertz CT molecular complexity index is 1680. The normalized spacial score (nSPS) is 16.4. The van der Waals surface area contributed by atoms with Gasteiger partial charge in [0.2, 0.25) is 11.3 Å². The zero-order valence-corrected chi connectivity index (χ0v) is 23.1. The fourth-order valence-electron chi connectivity index (χ4n) is 5.12. The lowest BCUT2D eigenvalue weighted by atomic mass is 10.1. The average Bonchev–Trinajstić information content (AvgIpc) is 3.62. The van der Waals surface area contributed by atoms with Crippen LogP contribution in [-0.2, 0) is 22.7 Å². The van der Waals surface area contributed by atoms with E-state index >= 15 is 0 Å². The summed E-state index contributed by atoms with van der Waals surface area (Å²) in [6.07, 6.45) is 6.50. The van der Waals surface area contributed by atoms with Crippen LogP contribution in [0.25, 0.3) is 16.7 Å². The molecule has 5 heterocycles. The predicted molar refractivity (Wildman–Crippen MR) is 150 cm³/mol. The number of carbonyl (C=O) groups is 1. The van der Waals surface area contributed by atoms with Crippen LogP contribution in [0.15, 0.2) is 47.7 Å². The third kappa shape index (κ3) is 4.87. The lowest BCUT2D eigenvalue weighted by molar-refractivity contribution is 0.0524. The van der Waals surface area contributed by atoms with Gasteiger partial charge < -0.3 is 19.1 Å². The Morgan fingerprint density at radius 1 is 1.18 bits per heavy atom. The highest BCUT2D eigenvalue weighted by molar-refractivity contribution is 6.34. The number of pyridine rings is 2. The molecule has 206 valence electrons. The first kappa shape index (κ1) is 26.5. The molecule has 2 aliphatic rings. The van der Waals surface area contributed by atoms with Crippen molar-refractivity contribution in [1.82, 2.24) is 19.5 Å². The van der Waals surface area contributed by atoms with E-state index in [-0.39, 0.29) is 23.6 Å². The van der Waals surface area contributed by atoms with Gasteiger partial charge >= 0.3 is 5.97 Å². The third-order valence-electron chi connectivity index (χ3n) is 7.03. The second-order valence-electron chi connectivity index (χ2n) is 9.49. The fraction of sp³-hybridized carbons (Fsp3) is 0.321. The molecule has 0 radical (unpaired) electrons. The van der Waals surface area contributed by atoms with Gasteiger partial charge in [0.15, 0.2) is 5.82 Å². The summed E-state index contributed by atoms with van der Waals surface area (Å²) in [4.78, 5) is 41.8. The van der Waals surface area contributed by atoms with Gasteiger partial charge in [-0.3, -0.25) is 14.3 Å². The minimum Gasteiger partial charge on any atom is -0.474 e. The van der Waals surface area contributed by atoms with Gasteiger partial charge in [-0.1, -0.05) is 23.2 Å². The summed E-state index contributed by atoms with van der Waals surface area (Å²) < 4.78 is 18.3. The lowest BCUT2D eigenvalue weighted by Crippen LogP contribution is -2.34. The van der Waals surface area contributed by atoms with Crippen LogP contribution >= 0.6 is 23.2 Å². The van der Waals surface area contributed by atoms with E-state index in [0.717, 1.165) is 30.8 Å². The number of benzene rings is 1. The highest BCUT2D eigenvalue weighted by atomic mass is 35.5. The first-order chi connectivity index (χ1) is 19.4. The summed E-state index contributed by atoms with van der Waals surface area (Å²) in [7, 11) is 0. The number of aromatic nitrogens is 4. The van der Waals surface area contributed by atoms with Crippen LogP contribution in [0.2, 0.25) is 10.0 Å². The zero-order valence-electron chi connectivity index (χ0n) is 21.6. The molecule has 10 nitrogen and oxygen atoms in total. The van der Waals surface area contributed by atoms with Gasteiger partial charge in [-0.25, -0.2) is 14.8 Å². The van der Waals surface area contributed by atoms with Gasteiger partial charge in [-0.2, -0.15) is 0 Å². The summed E-state index contributed by atoms with van der Waals surface area (Å²) in [5.74, 6) is 0.102. The van der Waals surface area contributed by atoms with E-state index in [1.54, 1.807) is 42.1 Å². The van der Waals surface area contributed by atoms with Gasteiger partial charge in [0.05, 0.1) is 59.7 Å². The van der Waals surface area contributed by atoms with Gasteiger partial charge in [-0.05, 0) is 44.0 Å². The lowest BCUT2D eigenvalue weighted by Gasteiger charge is -2.28. The van der Waals surface area contributed by atoms with Crippen LogP contribution in [0.5, 0.6) is 5.88 Å². The monoisotopic (exact) mass is 581 g/mol. The third-order valence-corrected chi connectivity index (χ3v) is 7.62. The number of ether oxygens (including phenoxy) is 3. The molecule has 0 N–H and O–H groups in total. The van der Waals surface area contributed by atoms with Crippen LogP contribution in [0.3, 0.4) is 0 Å². The zero-order chi connectivity index (χ0) is 27.8. The number of anilines is 1. The largest absolute Gasteiger partial charge is 0.474 e. The highest BCUT2D eigenvalue weighted by Crippen LogP contribution is 2.36. The summed E-state index contributed by atoms with van der Waals surface area (Å²) in [5.41, 5.74) is 2.16. The highest BCUT2D eigenvalue weighted by Gasteiger charge is 2.29. The topological polar surface area (TPSA) is 109 Å². The van der Waals surface area contributed by atoms with Crippen molar-refractivity contribution >= 4 is 45.8 Å². The Balaban J connectivity index is 1.45. The molecule has 0 spiro atoms. The molecule has 0 bridgehead atoms. The Kier molecular flexibility index (Phi) is 7.31. The van der Waals surface area contributed by atoms with E-state index in [9.17, 15) is 9.59 Å². The molecule has 0 saturated carbocycles. The molecule has 12 heteroatoms. The number of carbonyl (C=O) groups excluding carboxylic acids is 1. The quantitative estimate of drug-likeness (QED) is 0.286. The molecule has 0 amide bonds. The molecule has 6 rings (SSSR count). The molecular weight excluding hydrogens is 557 g/mol. The molecule has 4 aromatic rings. The molecule has 0 unspecified atom stereocenters. The number of esters is 1. The summed E-state index contributed by atoms with van der Waals surface area (Å²) >= 11 is 13.0. The maximum absolute atomic E-state index is 13.5. The van der Waals surface area contributed by atoms with Crippen molar-refractivity contribution in [2.24, 2.45) is 0 Å². The van der Waals surface area contributed by atoms with Crippen LogP contribution in [-0.4, -0.2) is 51.3 Å². The van der Waals surface area contributed by atoms with Crippen molar-refractivity contribution in [2.45, 2.75) is 39.0 Å². The fourth-order valence-corrected chi connectivity index (χ4v) is 5.56. The minimum absolute atomic E-state index is 0.00364. The minimum atomic E-state index is -0.717. The van der Waals surface area contributed by atoms with Crippen molar-refractivity contribution in [2.75, 3.05) is 24.7 Å². The molecule has 0 aliphatic carbocycles. The smallest absolute Gasteiger partial charge is 0.343 e. The average molecular weight is 582 g/mol. The molecule has 1 aromatic carbocycles. The number of hydrogen-bond acceptors (Lipinski definition) is 9. The van der Waals surface area contributed by atoms with Crippen LogP contribution < -0.4 is 15.1 Å².